The normalized spacial score (nSPS) is 16.7. The van der Waals surface area contributed by atoms with Crippen molar-refractivity contribution in [2.45, 2.75) is 25.2 Å². The lowest BCUT2D eigenvalue weighted by molar-refractivity contribution is 0.419. The molecule has 1 aliphatic rings. The molecule has 0 atom stereocenters. The van der Waals surface area contributed by atoms with Gasteiger partial charge in [0.05, 0.1) is 0 Å². The topological polar surface area (TPSA) is 40.5 Å². The van der Waals surface area contributed by atoms with Crippen LogP contribution < -0.4 is 0 Å². The number of rotatable bonds is 3. The second kappa shape index (κ2) is 4.64. The molecule has 15 heavy (non-hydrogen) atoms. The van der Waals surface area contributed by atoms with Gasteiger partial charge in [-0.2, -0.15) is 0 Å². The molecule has 0 unspecified atom stereocenters. The summed E-state index contributed by atoms with van der Waals surface area (Å²) in [5.74, 6) is 2.07. The second-order valence-electron chi connectivity index (χ2n) is 4.03. The van der Waals surface area contributed by atoms with Gasteiger partial charge in [0.25, 0.3) is 0 Å². The van der Waals surface area contributed by atoms with Crippen LogP contribution in [0.1, 0.15) is 36.3 Å². The molecule has 0 aromatic heterocycles. The van der Waals surface area contributed by atoms with Gasteiger partial charge in [0.2, 0.25) is 0 Å². The van der Waals surface area contributed by atoms with Crippen LogP contribution in [0.4, 0.5) is 0 Å². The van der Waals surface area contributed by atoms with Crippen LogP contribution in [0.5, 0.6) is 0 Å². The Kier molecular flexibility index (Phi) is 3.24. The van der Waals surface area contributed by atoms with E-state index in [1.54, 1.807) is 6.08 Å². The van der Waals surface area contributed by atoms with Crippen LogP contribution in [-0.4, -0.2) is 17.2 Å². The van der Waals surface area contributed by atoms with Crippen LogP contribution >= 0.6 is 0 Å². The molecule has 2 nitrogen and oxygen atoms in total. The Bertz CT molecular complexity index is 356. The van der Waals surface area contributed by atoms with Crippen molar-refractivity contribution in [1.29, 1.82) is 0 Å². The maximum absolute atomic E-state index is 8.78. The van der Waals surface area contributed by atoms with Crippen molar-refractivity contribution in [2.75, 3.05) is 0 Å². The highest BCUT2D eigenvalue weighted by Crippen LogP contribution is 2.38. The van der Waals surface area contributed by atoms with E-state index in [0.29, 0.717) is 5.92 Å². The molecule has 0 saturated heterocycles. The van der Waals surface area contributed by atoms with E-state index in [1.807, 2.05) is 18.2 Å². The zero-order valence-corrected chi connectivity index (χ0v) is 8.63. The molecule has 0 spiro atoms. The van der Waals surface area contributed by atoms with Crippen molar-refractivity contribution < 1.29 is 10.0 Å². The van der Waals surface area contributed by atoms with Crippen molar-refractivity contribution in [3.05, 3.63) is 41.4 Å². The molecule has 0 radical (unpaired) electrons. The van der Waals surface area contributed by atoms with E-state index in [9.17, 15) is 0 Å². The molecule has 1 aromatic carbocycles. The SMILES string of the molecule is OB(O)/C=C/c1ccccc1C1CCC1. The van der Waals surface area contributed by atoms with Crippen LogP contribution in [-0.2, 0) is 0 Å². The fourth-order valence-electron chi connectivity index (χ4n) is 1.94. The molecule has 1 fully saturated rings. The average molecular weight is 202 g/mol. The van der Waals surface area contributed by atoms with Crippen molar-refractivity contribution >= 4 is 13.2 Å². The van der Waals surface area contributed by atoms with Gasteiger partial charge in [-0.05, 0) is 29.9 Å². The molecule has 1 aliphatic carbocycles. The summed E-state index contributed by atoms with van der Waals surface area (Å²) in [4.78, 5) is 0. The van der Waals surface area contributed by atoms with Crippen molar-refractivity contribution in [3.63, 3.8) is 0 Å². The molecule has 0 aliphatic heterocycles. The van der Waals surface area contributed by atoms with Crippen LogP contribution in [0.3, 0.4) is 0 Å². The second-order valence-corrected chi connectivity index (χ2v) is 4.03. The van der Waals surface area contributed by atoms with Gasteiger partial charge < -0.3 is 10.0 Å². The Labute approximate surface area is 90.4 Å². The third kappa shape index (κ3) is 2.49. The van der Waals surface area contributed by atoms with Crippen LogP contribution in [0.15, 0.2) is 30.2 Å². The first kappa shape index (κ1) is 10.5. The van der Waals surface area contributed by atoms with E-state index in [0.717, 1.165) is 5.56 Å². The number of hydrogen-bond acceptors (Lipinski definition) is 2. The summed E-state index contributed by atoms with van der Waals surface area (Å²) in [6, 6.07) is 8.17. The van der Waals surface area contributed by atoms with Crippen molar-refractivity contribution in [2.24, 2.45) is 0 Å². The predicted molar refractivity (Wildman–Crippen MR) is 62.3 cm³/mol. The third-order valence-corrected chi connectivity index (χ3v) is 2.99. The molecule has 1 saturated carbocycles. The van der Waals surface area contributed by atoms with E-state index in [4.69, 9.17) is 10.0 Å². The van der Waals surface area contributed by atoms with E-state index >= 15 is 0 Å². The van der Waals surface area contributed by atoms with E-state index in [2.05, 4.69) is 6.07 Å². The standard InChI is InChI=1S/C12H15BO2/c14-13(15)9-8-11-4-1-2-7-12(11)10-5-3-6-10/h1-2,4,7-10,14-15H,3,5-6H2/b9-8+. The molecule has 2 rings (SSSR count). The average Bonchev–Trinajstić information content (AvgIpc) is 2.14. The van der Waals surface area contributed by atoms with Crippen LogP contribution in [0.2, 0.25) is 0 Å². The van der Waals surface area contributed by atoms with Crippen molar-refractivity contribution in [1.82, 2.24) is 0 Å². The third-order valence-electron chi connectivity index (χ3n) is 2.99. The zero-order valence-electron chi connectivity index (χ0n) is 8.63. The van der Waals surface area contributed by atoms with Gasteiger partial charge in [0, 0.05) is 0 Å². The highest BCUT2D eigenvalue weighted by Gasteiger charge is 2.20. The first-order valence-corrected chi connectivity index (χ1v) is 5.40. The van der Waals surface area contributed by atoms with Crippen LogP contribution in [0, 0.1) is 0 Å². The van der Waals surface area contributed by atoms with Gasteiger partial charge in [-0.15, -0.1) is 0 Å². The smallest absolute Gasteiger partial charge is 0.424 e. The molecule has 2 N–H and O–H groups in total. The first-order chi connectivity index (χ1) is 7.27. The van der Waals surface area contributed by atoms with Crippen molar-refractivity contribution in [3.8, 4) is 0 Å². The lowest BCUT2D eigenvalue weighted by Crippen LogP contribution is -2.10. The van der Waals surface area contributed by atoms with Gasteiger partial charge in [-0.3, -0.25) is 0 Å². The van der Waals surface area contributed by atoms with Crippen LogP contribution in [0.25, 0.3) is 6.08 Å². The summed E-state index contributed by atoms with van der Waals surface area (Å²) >= 11 is 0. The van der Waals surface area contributed by atoms with E-state index < -0.39 is 7.12 Å². The lowest BCUT2D eigenvalue weighted by atomic mass is 9.77. The summed E-state index contributed by atoms with van der Waals surface area (Å²) in [6.07, 6.45) is 5.61. The maximum Gasteiger partial charge on any atom is 0.480 e. The van der Waals surface area contributed by atoms with E-state index in [1.165, 1.54) is 30.8 Å². The molecular formula is C12H15BO2. The van der Waals surface area contributed by atoms with Gasteiger partial charge in [0.1, 0.15) is 0 Å². The fourth-order valence-corrected chi connectivity index (χ4v) is 1.94. The molecule has 1 aromatic rings. The fraction of sp³-hybridized carbons (Fsp3) is 0.333. The van der Waals surface area contributed by atoms with Gasteiger partial charge in [0.15, 0.2) is 0 Å². The summed E-state index contributed by atoms with van der Waals surface area (Å²) < 4.78 is 0. The lowest BCUT2D eigenvalue weighted by Gasteiger charge is -2.27. The zero-order chi connectivity index (χ0) is 10.7. The van der Waals surface area contributed by atoms with Gasteiger partial charge in [-0.25, -0.2) is 0 Å². The highest BCUT2D eigenvalue weighted by molar-refractivity contribution is 6.48. The minimum atomic E-state index is -1.36. The Hall–Kier alpha value is -1.06. The Morgan fingerprint density at radius 3 is 2.53 bits per heavy atom. The minimum absolute atomic E-state index is 0.668. The molecule has 78 valence electrons. The number of benzene rings is 1. The molecule has 0 amide bonds. The summed E-state index contributed by atoms with van der Waals surface area (Å²) in [5.41, 5.74) is 2.44. The van der Waals surface area contributed by atoms with Gasteiger partial charge in [-0.1, -0.05) is 42.7 Å². The highest BCUT2D eigenvalue weighted by atomic mass is 16.4. The summed E-state index contributed by atoms with van der Waals surface area (Å²) in [7, 11) is -1.36. The number of hydrogen-bond donors (Lipinski definition) is 2. The largest absolute Gasteiger partial charge is 0.480 e. The monoisotopic (exact) mass is 202 g/mol. The maximum atomic E-state index is 8.78. The molecule has 0 heterocycles. The quantitative estimate of drug-likeness (QED) is 0.735. The Balaban J connectivity index is 2.21. The Morgan fingerprint density at radius 1 is 1.20 bits per heavy atom. The minimum Gasteiger partial charge on any atom is -0.424 e. The molecule has 3 heteroatoms. The van der Waals surface area contributed by atoms with E-state index in [-0.39, 0.29) is 0 Å². The molecular weight excluding hydrogens is 187 g/mol. The van der Waals surface area contributed by atoms with Gasteiger partial charge >= 0.3 is 7.12 Å². The Morgan fingerprint density at radius 2 is 1.93 bits per heavy atom. The summed E-state index contributed by atoms with van der Waals surface area (Å²) in [5, 5.41) is 17.6. The first-order valence-electron chi connectivity index (χ1n) is 5.40. The summed E-state index contributed by atoms with van der Waals surface area (Å²) in [6.45, 7) is 0. The molecule has 0 bridgehead atoms. The predicted octanol–water partition coefficient (Wildman–Crippen LogP) is 1.98.